The molecule has 2 aromatic carbocycles. The van der Waals surface area contributed by atoms with E-state index in [1.165, 1.54) is 50.3 Å². The van der Waals surface area contributed by atoms with E-state index < -0.39 is 0 Å². The SMILES string of the molecule is CC1=CC2(C)C(=CC1C)c1cc(C)ccc1-n1c(-c3c(C)cccc3C)cnc12. The smallest absolute Gasteiger partial charge is 0.128 e. The summed E-state index contributed by atoms with van der Waals surface area (Å²) >= 11 is 0. The zero-order valence-corrected chi connectivity index (χ0v) is 18.2. The van der Waals surface area contributed by atoms with E-state index in [0.717, 1.165) is 5.82 Å². The largest absolute Gasteiger partial charge is 0.295 e. The minimum Gasteiger partial charge on any atom is -0.295 e. The highest BCUT2D eigenvalue weighted by molar-refractivity contribution is 5.87. The van der Waals surface area contributed by atoms with Gasteiger partial charge in [-0.3, -0.25) is 4.57 Å². The van der Waals surface area contributed by atoms with Crippen LogP contribution in [0.4, 0.5) is 0 Å². The highest BCUT2D eigenvalue weighted by Gasteiger charge is 2.43. The van der Waals surface area contributed by atoms with Gasteiger partial charge in [0.1, 0.15) is 5.82 Å². The number of fused-ring (bicyclic) bond motifs is 6. The second-order valence-electron chi connectivity index (χ2n) is 9.05. The molecule has 2 heteroatoms. The quantitative estimate of drug-likeness (QED) is 0.429. The van der Waals surface area contributed by atoms with E-state index in [9.17, 15) is 0 Å². The summed E-state index contributed by atoms with van der Waals surface area (Å²) in [6.45, 7) is 13.4. The van der Waals surface area contributed by atoms with E-state index in [-0.39, 0.29) is 5.41 Å². The van der Waals surface area contributed by atoms with Crippen molar-refractivity contribution in [2.45, 2.75) is 47.0 Å². The lowest BCUT2D eigenvalue weighted by Gasteiger charge is -2.40. The molecule has 3 aromatic rings. The molecule has 1 aromatic heterocycles. The van der Waals surface area contributed by atoms with E-state index in [1.54, 1.807) is 0 Å². The standard InChI is InChI=1S/C27H28N2/c1-16-10-11-23-21(12-16)22-13-19(4)20(5)14-27(22,6)26-28-15-24(29(23)26)25-17(2)8-7-9-18(25)3/h7-15,19H,1-6H3. The van der Waals surface area contributed by atoms with Gasteiger partial charge < -0.3 is 0 Å². The van der Waals surface area contributed by atoms with Gasteiger partial charge in [0.05, 0.1) is 23.0 Å². The molecule has 146 valence electrons. The van der Waals surface area contributed by atoms with Gasteiger partial charge in [0.15, 0.2) is 0 Å². The Balaban J connectivity index is 1.89. The zero-order chi connectivity index (χ0) is 20.5. The van der Waals surface area contributed by atoms with Crippen LogP contribution in [0, 0.1) is 26.7 Å². The number of benzene rings is 2. The highest BCUT2D eigenvalue weighted by atomic mass is 15.1. The van der Waals surface area contributed by atoms with Crippen LogP contribution in [0.1, 0.15) is 48.8 Å². The van der Waals surface area contributed by atoms with Crippen LogP contribution in [0.5, 0.6) is 0 Å². The molecule has 0 bridgehead atoms. The number of aromatic nitrogens is 2. The molecule has 29 heavy (non-hydrogen) atoms. The summed E-state index contributed by atoms with van der Waals surface area (Å²) in [6, 6.07) is 13.4. The molecular formula is C27H28N2. The van der Waals surface area contributed by atoms with Crippen LogP contribution in [0.15, 0.2) is 60.3 Å². The van der Waals surface area contributed by atoms with Crippen LogP contribution in [-0.2, 0) is 5.41 Å². The summed E-state index contributed by atoms with van der Waals surface area (Å²) < 4.78 is 2.40. The fourth-order valence-corrected chi connectivity index (χ4v) is 5.19. The number of allylic oxidation sites excluding steroid dienone is 4. The Morgan fingerprint density at radius 1 is 1.00 bits per heavy atom. The second kappa shape index (κ2) is 6.06. The second-order valence-corrected chi connectivity index (χ2v) is 9.05. The Morgan fingerprint density at radius 2 is 1.72 bits per heavy atom. The minimum absolute atomic E-state index is 0.216. The van der Waals surface area contributed by atoms with Crippen molar-refractivity contribution in [2.24, 2.45) is 5.92 Å². The van der Waals surface area contributed by atoms with Crippen molar-refractivity contribution in [3.63, 3.8) is 0 Å². The Labute approximate surface area is 173 Å². The first-order chi connectivity index (χ1) is 13.8. The van der Waals surface area contributed by atoms with Gasteiger partial charge in [-0.15, -0.1) is 0 Å². The fourth-order valence-electron chi connectivity index (χ4n) is 5.19. The molecule has 0 N–H and O–H groups in total. The minimum atomic E-state index is -0.216. The van der Waals surface area contributed by atoms with Crippen LogP contribution in [0.2, 0.25) is 0 Å². The van der Waals surface area contributed by atoms with Gasteiger partial charge in [-0.2, -0.15) is 0 Å². The molecule has 2 heterocycles. The number of rotatable bonds is 1. The van der Waals surface area contributed by atoms with E-state index in [2.05, 4.69) is 101 Å². The molecule has 0 saturated heterocycles. The molecule has 0 spiro atoms. The Hall–Kier alpha value is -2.87. The van der Waals surface area contributed by atoms with Crippen LogP contribution in [0.25, 0.3) is 22.5 Å². The molecule has 2 aliphatic rings. The van der Waals surface area contributed by atoms with E-state index >= 15 is 0 Å². The van der Waals surface area contributed by atoms with E-state index in [0.29, 0.717) is 5.92 Å². The third-order valence-corrected chi connectivity index (χ3v) is 6.86. The molecule has 2 unspecified atom stereocenters. The molecule has 0 radical (unpaired) electrons. The highest BCUT2D eigenvalue weighted by Crippen LogP contribution is 2.51. The summed E-state index contributed by atoms with van der Waals surface area (Å²) in [4.78, 5) is 5.03. The summed E-state index contributed by atoms with van der Waals surface area (Å²) in [5, 5.41) is 0. The first-order valence-electron chi connectivity index (χ1n) is 10.5. The molecule has 0 saturated carbocycles. The van der Waals surface area contributed by atoms with E-state index in [1.807, 2.05) is 0 Å². The lowest BCUT2D eigenvalue weighted by atomic mass is 9.68. The van der Waals surface area contributed by atoms with Crippen molar-refractivity contribution < 1.29 is 0 Å². The van der Waals surface area contributed by atoms with Gasteiger partial charge in [-0.1, -0.05) is 54.5 Å². The van der Waals surface area contributed by atoms with Crippen molar-refractivity contribution in [3.8, 4) is 16.9 Å². The third-order valence-electron chi connectivity index (χ3n) is 6.86. The van der Waals surface area contributed by atoms with Gasteiger partial charge in [0.2, 0.25) is 0 Å². The van der Waals surface area contributed by atoms with Crippen molar-refractivity contribution in [2.75, 3.05) is 0 Å². The molecule has 1 aliphatic heterocycles. The molecule has 1 aliphatic carbocycles. The average molecular weight is 381 g/mol. The molecule has 0 fully saturated rings. The molecule has 0 amide bonds. The van der Waals surface area contributed by atoms with Crippen molar-refractivity contribution in [1.82, 2.24) is 9.55 Å². The van der Waals surface area contributed by atoms with E-state index in [4.69, 9.17) is 4.98 Å². The summed E-state index contributed by atoms with van der Waals surface area (Å²) in [5.41, 5.74) is 11.5. The maximum absolute atomic E-state index is 5.03. The van der Waals surface area contributed by atoms with Gasteiger partial charge in [0.25, 0.3) is 0 Å². The Kier molecular flexibility index (Phi) is 3.80. The summed E-state index contributed by atoms with van der Waals surface area (Å²) in [5.74, 6) is 1.56. The molecule has 2 atom stereocenters. The van der Waals surface area contributed by atoms with Crippen LogP contribution in [-0.4, -0.2) is 9.55 Å². The molecular weight excluding hydrogens is 352 g/mol. The van der Waals surface area contributed by atoms with Gasteiger partial charge in [0, 0.05) is 11.1 Å². The number of aryl methyl sites for hydroxylation is 3. The lowest BCUT2D eigenvalue weighted by Crippen LogP contribution is -2.33. The monoisotopic (exact) mass is 380 g/mol. The normalized spacial score (nSPS) is 22.3. The maximum atomic E-state index is 5.03. The van der Waals surface area contributed by atoms with Gasteiger partial charge >= 0.3 is 0 Å². The van der Waals surface area contributed by atoms with Crippen LogP contribution < -0.4 is 0 Å². The van der Waals surface area contributed by atoms with Gasteiger partial charge in [-0.05, 0) is 69.4 Å². The first kappa shape index (κ1) is 18.2. The van der Waals surface area contributed by atoms with Crippen molar-refractivity contribution >= 4 is 5.57 Å². The van der Waals surface area contributed by atoms with Gasteiger partial charge in [-0.25, -0.2) is 4.98 Å². The summed E-state index contributed by atoms with van der Waals surface area (Å²) in [7, 11) is 0. The number of hydrogen-bond acceptors (Lipinski definition) is 1. The Morgan fingerprint density at radius 3 is 2.45 bits per heavy atom. The number of nitrogens with zero attached hydrogens (tertiary/aromatic N) is 2. The van der Waals surface area contributed by atoms with Crippen LogP contribution >= 0.6 is 0 Å². The molecule has 2 nitrogen and oxygen atoms in total. The fraction of sp³-hybridized carbons (Fsp3) is 0.296. The van der Waals surface area contributed by atoms with Crippen LogP contribution in [0.3, 0.4) is 0 Å². The number of hydrogen-bond donors (Lipinski definition) is 0. The average Bonchev–Trinajstić information content (AvgIpc) is 3.10. The lowest BCUT2D eigenvalue weighted by molar-refractivity contribution is 0.636. The number of imidazole rings is 1. The Bertz CT molecular complexity index is 1200. The van der Waals surface area contributed by atoms with Crippen molar-refractivity contribution in [1.29, 1.82) is 0 Å². The summed E-state index contributed by atoms with van der Waals surface area (Å²) in [6.07, 6.45) is 6.96. The molecule has 5 rings (SSSR count). The maximum Gasteiger partial charge on any atom is 0.128 e. The predicted octanol–water partition coefficient (Wildman–Crippen LogP) is 6.72. The predicted molar refractivity (Wildman–Crippen MR) is 121 cm³/mol. The topological polar surface area (TPSA) is 17.8 Å². The first-order valence-corrected chi connectivity index (χ1v) is 10.5. The third kappa shape index (κ3) is 2.45. The van der Waals surface area contributed by atoms with Crippen molar-refractivity contribution in [3.05, 3.63) is 88.4 Å². The zero-order valence-electron chi connectivity index (χ0n) is 18.2.